The topological polar surface area (TPSA) is 42.3 Å². The first kappa shape index (κ1) is 10.9. The van der Waals surface area contributed by atoms with Crippen molar-refractivity contribution in [2.24, 2.45) is 0 Å². The summed E-state index contributed by atoms with van der Waals surface area (Å²) in [5, 5.41) is 8.21. The smallest absolute Gasteiger partial charge is 0.132 e. The van der Waals surface area contributed by atoms with Gasteiger partial charge in [-0.1, -0.05) is 6.07 Å². The molecule has 0 bridgehead atoms. The summed E-state index contributed by atoms with van der Waals surface area (Å²) in [6.07, 6.45) is 1.86. The fourth-order valence-corrected chi connectivity index (χ4v) is 1.58. The van der Waals surface area contributed by atoms with Gasteiger partial charge in [-0.25, -0.2) is 0 Å². The predicted molar refractivity (Wildman–Crippen MR) is 59.9 cm³/mol. The van der Waals surface area contributed by atoms with Gasteiger partial charge in [0.1, 0.15) is 16.5 Å². The van der Waals surface area contributed by atoms with Crippen LogP contribution in [0.1, 0.15) is 5.56 Å². The summed E-state index contributed by atoms with van der Waals surface area (Å²) in [4.78, 5) is 0. The van der Waals surface area contributed by atoms with E-state index in [1.165, 1.54) is 11.8 Å². The third kappa shape index (κ3) is 2.01. The first-order chi connectivity index (χ1) is 6.74. The van der Waals surface area contributed by atoms with Crippen molar-refractivity contribution in [1.29, 1.82) is 5.41 Å². The van der Waals surface area contributed by atoms with E-state index in [0.29, 0.717) is 22.1 Å². The maximum absolute atomic E-state index is 7.77. The molecule has 0 aliphatic heterocycles. The number of nitrogens with one attached hydrogen (secondary N) is 1. The maximum atomic E-state index is 7.77. The minimum Gasteiger partial charge on any atom is -0.496 e. The van der Waals surface area contributed by atoms with Gasteiger partial charge in [0.15, 0.2) is 0 Å². The maximum Gasteiger partial charge on any atom is 0.132 e. The average Bonchev–Trinajstić information content (AvgIpc) is 2.26. The highest BCUT2D eigenvalue weighted by atomic mass is 32.2. The van der Waals surface area contributed by atoms with Gasteiger partial charge in [-0.2, -0.15) is 0 Å². The zero-order chi connectivity index (χ0) is 10.6. The predicted octanol–water partition coefficient (Wildman–Crippen LogP) is 2.39. The third-order valence-corrected chi connectivity index (χ3v) is 2.47. The zero-order valence-corrected chi connectivity index (χ0v) is 9.27. The number of hydrogen-bond acceptors (Lipinski definition) is 4. The van der Waals surface area contributed by atoms with Crippen LogP contribution in [0.5, 0.6) is 11.5 Å². The molecular formula is C10H13NO2S. The molecule has 3 nitrogen and oxygen atoms in total. The first-order valence-electron chi connectivity index (χ1n) is 4.08. The molecule has 76 valence electrons. The van der Waals surface area contributed by atoms with Crippen LogP contribution < -0.4 is 9.47 Å². The summed E-state index contributed by atoms with van der Waals surface area (Å²) in [5.41, 5.74) is 0.713. The van der Waals surface area contributed by atoms with Gasteiger partial charge in [0.2, 0.25) is 0 Å². The van der Waals surface area contributed by atoms with Crippen molar-refractivity contribution in [3.05, 3.63) is 23.8 Å². The Morgan fingerprint density at radius 1 is 1.21 bits per heavy atom. The molecule has 0 unspecified atom stereocenters. The molecule has 0 aromatic heterocycles. The van der Waals surface area contributed by atoms with E-state index in [4.69, 9.17) is 14.9 Å². The summed E-state index contributed by atoms with van der Waals surface area (Å²) >= 11 is 1.36. The van der Waals surface area contributed by atoms with Gasteiger partial charge in [0.05, 0.1) is 19.8 Å². The highest BCUT2D eigenvalue weighted by Gasteiger charge is 2.13. The Morgan fingerprint density at radius 2 is 1.71 bits per heavy atom. The number of rotatable bonds is 3. The van der Waals surface area contributed by atoms with E-state index in [2.05, 4.69) is 0 Å². The third-order valence-electron chi connectivity index (χ3n) is 1.86. The Balaban J connectivity index is 3.25. The molecule has 1 rings (SSSR count). The van der Waals surface area contributed by atoms with E-state index >= 15 is 0 Å². The van der Waals surface area contributed by atoms with Crippen molar-refractivity contribution in [3.63, 3.8) is 0 Å². The van der Waals surface area contributed by atoms with Crippen molar-refractivity contribution in [2.45, 2.75) is 0 Å². The number of ether oxygens (including phenoxy) is 2. The van der Waals surface area contributed by atoms with E-state index in [1.54, 1.807) is 14.2 Å². The average molecular weight is 211 g/mol. The van der Waals surface area contributed by atoms with Crippen LogP contribution in [0.25, 0.3) is 0 Å². The summed E-state index contributed by atoms with van der Waals surface area (Å²) in [6, 6.07) is 5.49. The molecule has 0 amide bonds. The molecule has 1 N–H and O–H groups in total. The summed E-state index contributed by atoms with van der Waals surface area (Å²) in [5.74, 6) is 1.34. The second-order valence-corrected chi connectivity index (χ2v) is 3.39. The lowest BCUT2D eigenvalue weighted by Gasteiger charge is -2.12. The second kappa shape index (κ2) is 4.91. The van der Waals surface area contributed by atoms with Gasteiger partial charge in [-0.3, -0.25) is 5.41 Å². The van der Waals surface area contributed by atoms with Gasteiger partial charge in [-0.05, 0) is 18.4 Å². The van der Waals surface area contributed by atoms with Crippen LogP contribution in [-0.4, -0.2) is 25.5 Å². The van der Waals surface area contributed by atoms with Crippen molar-refractivity contribution in [3.8, 4) is 11.5 Å². The molecule has 0 saturated carbocycles. The van der Waals surface area contributed by atoms with Crippen molar-refractivity contribution in [1.82, 2.24) is 0 Å². The number of benzene rings is 1. The molecular weight excluding hydrogens is 198 g/mol. The minimum absolute atomic E-state index is 0.444. The first-order valence-corrected chi connectivity index (χ1v) is 5.31. The molecule has 0 aliphatic carbocycles. The normalized spacial score (nSPS) is 9.64. The van der Waals surface area contributed by atoms with Crippen LogP contribution in [-0.2, 0) is 0 Å². The molecule has 0 heterocycles. The molecule has 4 heteroatoms. The Morgan fingerprint density at radius 3 is 2.07 bits per heavy atom. The van der Waals surface area contributed by atoms with Gasteiger partial charge < -0.3 is 9.47 Å². The minimum atomic E-state index is 0.444. The summed E-state index contributed by atoms with van der Waals surface area (Å²) in [7, 11) is 3.18. The number of methoxy groups -OCH3 is 2. The van der Waals surface area contributed by atoms with Crippen LogP contribution in [0.15, 0.2) is 18.2 Å². The Labute approximate surface area is 87.9 Å². The van der Waals surface area contributed by atoms with E-state index in [-0.39, 0.29) is 0 Å². The Bertz CT molecular complexity index is 317. The highest BCUT2D eigenvalue weighted by Crippen LogP contribution is 2.30. The monoisotopic (exact) mass is 211 g/mol. The fourth-order valence-electron chi connectivity index (χ4n) is 1.18. The van der Waals surface area contributed by atoms with Gasteiger partial charge in [-0.15, -0.1) is 11.8 Å². The van der Waals surface area contributed by atoms with Gasteiger partial charge in [0, 0.05) is 0 Å². The number of hydrogen-bond donors (Lipinski definition) is 1. The Kier molecular flexibility index (Phi) is 3.83. The molecule has 14 heavy (non-hydrogen) atoms. The second-order valence-electron chi connectivity index (χ2n) is 2.57. The summed E-state index contributed by atoms with van der Waals surface area (Å²) in [6.45, 7) is 0. The molecule has 0 atom stereocenters. The molecule has 0 aliphatic rings. The van der Waals surface area contributed by atoms with Gasteiger partial charge >= 0.3 is 0 Å². The van der Waals surface area contributed by atoms with Crippen LogP contribution in [0.4, 0.5) is 0 Å². The van der Waals surface area contributed by atoms with Crippen molar-refractivity contribution < 1.29 is 9.47 Å². The summed E-state index contributed by atoms with van der Waals surface area (Å²) < 4.78 is 10.4. The lowest BCUT2D eigenvalue weighted by molar-refractivity contribution is 0.393. The molecule has 1 aromatic carbocycles. The molecule has 0 spiro atoms. The van der Waals surface area contributed by atoms with Crippen LogP contribution in [0, 0.1) is 5.41 Å². The van der Waals surface area contributed by atoms with Crippen LogP contribution in [0.2, 0.25) is 0 Å². The zero-order valence-electron chi connectivity index (χ0n) is 8.46. The lowest BCUT2D eigenvalue weighted by Crippen LogP contribution is -2.01. The van der Waals surface area contributed by atoms with Crippen LogP contribution in [0.3, 0.4) is 0 Å². The Hall–Kier alpha value is -1.16. The quantitative estimate of drug-likeness (QED) is 0.616. The van der Waals surface area contributed by atoms with E-state index in [9.17, 15) is 0 Å². The highest BCUT2D eigenvalue weighted by molar-refractivity contribution is 8.13. The molecule has 0 fully saturated rings. The van der Waals surface area contributed by atoms with Crippen molar-refractivity contribution in [2.75, 3.05) is 20.5 Å². The van der Waals surface area contributed by atoms with Crippen LogP contribution >= 0.6 is 11.8 Å². The lowest BCUT2D eigenvalue weighted by atomic mass is 10.2. The number of thioether (sulfide) groups is 1. The molecule has 0 saturated heterocycles. The van der Waals surface area contributed by atoms with E-state index < -0.39 is 0 Å². The molecule has 0 radical (unpaired) electrons. The SMILES string of the molecule is COc1cccc(OC)c1C(=N)SC. The molecule has 1 aromatic rings. The van der Waals surface area contributed by atoms with Crippen molar-refractivity contribution >= 4 is 16.8 Å². The standard InChI is InChI=1S/C10H13NO2S/c1-12-7-5-4-6-8(13-2)9(7)10(11)14-3/h4-6,11H,1-3H3. The van der Waals surface area contributed by atoms with E-state index in [0.717, 1.165) is 0 Å². The largest absolute Gasteiger partial charge is 0.496 e. The van der Waals surface area contributed by atoms with Gasteiger partial charge in [0.25, 0.3) is 0 Å². The fraction of sp³-hybridized carbons (Fsp3) is 0.300. The van der Waals surface area contributed by atoms with E-state index in [1.807, 2.05) is 24.5 Å².